The van der Waals surface area contributed by atoms with Crippen LogP contribution in [0, 0.1) is 6.57 Å². The number of hydrogen-bond donors (Lipinski definition) is 0. The third-order valence-electron chi connectivity index (χ3n) is 4.21. The zero-order valence-electron chi connectivity index (χ0n) is 13.8. The van der Waals surface area contributed by atoms with Gasteiger partial charge >= 0.3 is 0 Å². The quantitative estimate of drug-likeness (QED) is 0.377. The van der Waals surface area contributed by atoms with Gasteiger partial charge in [0.15, 0.2) is 5.69 Å². The number of benzene rings is 2. The third-order valence-corrected chi connectivity index (χ3v) is 4.77. The smallest absolute Gasteiger partial charge is 0.272 e. The number of halogens is 1. The molecule has 1 aliphatic rings. The molecule has 0 N–H and O–H groups in total. The minimum atomic E-state index is -0.701. The van der Waals surface area contributed by atoms with E-state index in [1.807, 2.05) is 35.2 Å². The molecule has 5 heteroatoms. The molecule has 0 radical (unpaired) electrons. The summed E-state index contributed by atoms with van der Waals surface area (Å²) in [4.78, 5) is 18.3. The van der Waals surface area contributed by atoms with Crippen LogP contribution >= 0.6 is 15.9 Å². The van der Waals surface area contributed by atoms with E-state index >= 15 is 0 Å². The fourth-order valence-corrected chi connectivity index (χ4v) is 3.35. The Hall–Kier alpha value is -2.32. The van der Waals surface area contributed by atoms with Gasteiger partial charge in [-0.25, -0.2) is 4.85 Å². The van der Waals surface area contributed by atoms with Crippen molar-refractivity contribution in [2.24, 2.45) is 0 Å². The summed E-state index contributed by atoms with van der Waals surface area (Å²) < 4.78 is 5.99. The van der Waals surface area contributed by atoms with Crippen LogP contribution in [0.3, 0.4) is 0 Å². The Bertz CT molecular complexity index is 800. The van der Waals surface area contributed by atoms with Crippen molar-refractivity contribution in [2.45, 2.75) is 25.4 Å². The Morgan fingerprint density at radius 1 is 1.12 bits per heavy atom. The van der Waals surface area contributed by atoms with Crippen LogP contribution in [0.15, 0.2) is 48.5 Å². The Labute approximate surface area is 156 Å². The van der Waals surface area contributed by atoms with Crippen LogP contribution < -0.4 is 9.64 Å². The van der Waals surface area contributed by atoms with Gasteiger partial charge in [0.25, 0.3) is 5.91 Å². The molecule has 1 heterocycles. The highest BCUT2D eigenvalue weighted by atomic mass is 79.9. The molecule has 4 nitrogen and oxygen atoms in total. The second kappa shape index (κ2) is 8.17. The molecule has 1 unspecified atom stereocenters. The lowest BCUT2D eigenvalue weighted by molar-refractivity contribution is -0.126. The van der Waals surface area contributed by atoms with Gasteiger partial charge in [-0.1, -0.05) is 52.7 Å². The fourth-order valence-electron chi connectivity index (χ4n) is 2.96. The summed E-state index contributed by atoms with van der Waals surface area (Å²) in [5, 5.41) is 0.979. The highest BCUT2D eigenvalue weighted by Crippen LogP contribution is 2.39. The molecule has 0 aliphatic carbocycles. The topological polar surface area (TPSA) is 33.9 Å². The molecule has 0 saturated carbocycles. The molecule has 0 aromatic heterocycles. The number of hydrogen-bond acceptors (Lipinski definition) is 2. The van der Waals surface area contributed by atoms with E-state index in [-0.39, 0.29) is 5.91 Å². The molecular weight excluding hydrogens is 380 g/mol. The van der Waals surface area contributed by atoms with Crippen LogP contribution in [-0.2, 0) is 4.79 Å². The predicted molar refractivity (Wildman–Crippen MR) is 103 cm³/mol. The van der Waals surface area contributed by atoms with Gasteiger partial charge in [0.2, 0.25) is 6.10 Å². The molecule has 1 atom stereocenters. The summed E-state index contributed by atoms with van der Waals surface area (Å²) in [5.41, 5.74) is 2.05. The number of nitrogens with zero attached hydrogens (tertiary/aromatic N) is 2. The lowest BCUT2D eigenvalue weighted by Crippen LogP contribution is -2.41. The molecular formula is C20H19BrN2O2. The van der Waals surface area contributed by atoms with Crippen LogP contribution in [0.1, 0.15) is 30.9 Å². The fraction of sp³-hybridized carbons (Fsp3) is 0.300. The van der Waals surface area contributed by atoms with E-state index in [9.17, 15) is 4.79 Å². The minimum absolute atomic E-state index is 0.0697. The molecule has 1 amide bonds. The summed E-state index contributed by atoms with van der Waals surface area (Å²) in [7, 11) is 0. The number of alkyl halides is 1. The number of amides is 1. The predicted octanol–water partition coefficient (Wildman–Crippen LogP) is 5.27. The Balaban J connectivity index is 1.89. The van der Waals surface area contributed by atoms with Crippen LogP contribution in [0.4, 0.5) is 11.4 Å². The molecule has 0 bridgehead atoms. The van der Waals surface area contributed by atoms with Crippen LogP contribution in [-0.4, -0.2) is 17.8 Å². The maximum Gasteiger partial charge on any atom is 0.272 e. The molecule has 128 valence electrons. The van der Waals surface area contributed by atoms with E-state index < -0.39 is 6.10 Å². The van der Waals surface area contributed by atoms with Gasteiger partial charge < -0.3 is 9.64 Å². The standard InChI is InChI=1S/C20H19BrN2O2/c1-22-16-9-7-8-15(14-16)19-20(24)23(13-6-2-5-12-21)17-10-3-4-11-18(17)25-19/h3-4,7-11,14,19H,2,5-6,12-13H2. The van der Waals surface area contributed by atoms with Crippen LogP contribution in [0.25, 0.3) is 4.85 Å². The van der Waals surface area contributed by atoms with Crippen molar-refractivity contribution in [1.29, 1.82) is 0 Å². The molecule has 2 aromatic carbocycles. The zero-order valence-corrected chi connectivity index (χ0v) is 15.4. The number of anilines is 1. The first kappa shape index (κ1) is 17.5. The maximum absolute atomic E-state index is 13.1. The number of fused-ring (bicyclic) bond motifs is 1. The summed E-state index contributed by atoms with van der Waals surface area (Å²) >= 11 is 3.44. The summed E-state index contributed by atoms with van der Waals surface area (Å²) in [6, 6.07) is 14.7. The van der Waals surface area contributed by atoms with E-state index in [1.54, 1.807) is 18.2 Å². The number of carbonyl (C=O) groups is 1. The van der Waals surface area contributed by atoms with Gasteiger partial charge in [-0.15, -0.1) is 0 Å². The van der Waals surface area contributed by atoms with Gasteiger partial charge in [-0.05, 0) is 36.6 Å². The van der Waals surface area contributed by atoms with Crippen LogP contribution in [0.5, 0.6) is 5.75 Å². The highest BCUT2D eigenvalue weighted by Gasteiger charge is 2.35. The first-order chi connectivity index (χ1) is 12.2. The molecule has 25 heavy (non-hydrogen) atoms. The Morgan fingerprint density at radius 3 is 2.76 bits per heavy atom. The number of rotatable bonds is 6. The van der Waals surface area contributed by atoms with Crippen molar-refractivity contribution in [2.75, 3.05) is 16.8 Å². The molecule has 0 fully saturated rings. The number of unbranched alkanes of at least 4 members (excludes halogenated alkanes) is 2. The SMILES string of the molecule is [C-]#[N+]c1cccc(C2Oc3ccccc3N(CCCCCBr)C2=O)c1. The Morgan fingerprint density at radius 2 is 1.96 bits per heavy atom. The van der Waals surface area contributed by atoms with Crippen molar-refractivity contribution in [3.8, 4) is 5.75 Å². The first-order valence-corrected chi connectivity index (χ1v) is 9.47. The number of ether oxygens (including phenoxy) is 1. The lowest BCUT2D eigenvalue weighted by Gasteiger charge is -2.34. The second-order valence-electron chi connectivity index (χ2n) is 5.91. The van der Waals surface area contributed by atoms with Gasteiger partial charge in [-0.3, -0.25) is 4.79 Å². The molecule has 3 rings (SSSR count). The average molecular weight is 399 g/mol. The van der Waals surface area contributed by atoms with Crippen molar-refractivity contribution in [3.05, 3.63) is 65.5 Å². The second-order valence-corrected chi connectivity index (χ2v) is 6.70. The number of carbonyl (C=O) groups excluding carboxylic acids is 1. The minimum Gasteiger partial charge on any atom is -0.474 e. The van der Waals surface area contributed by atoms with Gasteiger partial charge in [-0.2, -0.15) is 0 Å². The first-order valence-electron chi connectivity index (χ1n) is 8.35. The summed E-state index contributed by atoms with van der Waals surface area (Å²) in [6.45, 7) is 7.85. The summed E-state index contributed by atoms with van der Waals surface area (Å²) in [5.74, 6) is 0.639. The van der Waals surface area contributed by atoms with Gasteiger partial charge in [0.05, 0.1) is 12.3 Å². The molecule has 0 saturated heterocycles. The Kier molecular flexibility index (Phi) is 5.72. The van der Waals surface area contributed by atoms with E-state index in [1.165, 1.54) is 0 Å². The lowest BCUT2D eigenvalue weighted by atomic mass is 10.0. The largest absolute Gasteiger partial charge is 0.474 e. The third kappa shape index (κ3) is 3.85. The zero-order chi connectivity index (χ0) is 17.6. The molecule has 2 aromatic rings. The van der Waals surface area contributed by atoms with Gasteiger partial charge in [0.1, 0.15) is 5.75 Å². The molecule has 0 spiro atoms. The highest BCUT2D eigenvalue weighted by molar-refractivity contribution is 9.09. The van der Waals surface area contributed by atoms with E-state index in [0.717, 1.165) is 35.8 Å². The van der Waals surface area contributed by atoms with Crippen LogP contribution in [0.2, 0.25) is 0 Å². The normalized spacial score (nSPS) is 16.1. The average Bonchev–Trinajstić information content (AvgIpc) is 2.66. The maximum atomic E-state index is 13.1. The van der Waals surface area contributed by atoms with E-state index in [0.29, 0.717) is 18.0 Å². The number of para-hydroxylation sites is 2. The van der Waals surface area contributed by atoms with Crippen molar-refractivity contribution >= 4 is 33.2 Å². The van der Waals surface area contributed by atoms with Gasteiger partial charge in [0, 0.05) is 11.9 Å². The van der Waals surface area contributed by atoms with E-state index in [4.69, 9.17) is 11.3 Å². The summed E-state index contributed by atoms with van der Waals surface area (Å²) in [6.07, 6.45) is 2.40. The molecule has 1 aliphatic heterocycles. The monoisotopic (exact) mass is 398 g/mol. The van der Waals surface area contributed by atoms with Crippen molar-refractivity contribution < 1.29 is 9.53 Å². The van der Waals surface area contributed by atoms with Crippen molar-refractivity contribution in [3.63, 3.8) is 0 Å². The van der Waals surface area contributed by atoms with Crippen molar-refractivity contribution in [1.82, 2.24) is 0 Å². The van der Waals surface area contributed by atoms with E-state index in [2.05, 4.69) is 20.8 Å².